The Labute approximate surface area is 117 Å². The van der Waals surface area contributed by atoms with Crippen molar-refractivity contribution in [1.29, 1.82) is 0 Å². The number of phenols is 2. The lowest BCUT2D eigenvalue weighted by Gasteiger charge is -2.11. The molecule has 6 heteroatoms. The van der Waals surface area contributed by atoms with Crippen LogP contribution in [0.25, 0.3) is 11.5 Å². The molecule has 0 saturated carbocycles. The van der Waals surface area contributed by atoms with Crippen molar-refractivity contribution in [3.05, 3.63) is 24.0 Å². The molecule has 1 aromatic heterocycles. The fourth-order valence-corrected chi connectivity index (χ4v) is 1.96. The molecular formula is C14H18N2O4. The van der Waals surface area contributed by atoms with Crippen molar-refractivity contribution in [2.45, 2.75) is 32.8 Å². The molecule has 0 spiro atoms. The maximum atomic E-state index is 9.78. The van der Waals surface area contributed by atoms with Gasteiger partial charge in [-0.05, 0) is 25.5 Å². The van der Waals surface area contributed by atoms with E-state index in [1.807, 2.05) is 13.8 Å². The fraction of sp³-hybridized carbons (Fsp3) is 0.429. The van der Waals surface area contributed by atoms with Crippen molar-refractivity contribution in [2.24, 2.45) is 0 Å². The highest BCUT2D eigenvalue weighted by Crippen LogP contribution is 2.36. The van der Waals surface area contributed by atoms with Crippen LogP contribution >= 0.6 is 0 Å². The van der Waals surface area contributed by atoms with Crippen LogP contribution in [0, 0.1) is 0 Å². The van der Waals surface area contributed by atoms with Crippen molar-refractivity contribution >= 4 is 0 Å². The van der Waals surface area contributed by atoms with Gasteiger partial charge in [0.05, 0.1) is 0 Å². The molecule has 2 aromatic rings. The van der Waals surface area contributed by atoms with Gasteiger partial charge in [-0.25, -0.2) is 0 Å². The molecule has 0 fully saturated rings. The molecule has 2 N–H and O–H groups in total. The molecule has 1 unspecified atom stereocenters. The molecule has 2 rings (SSSR count). The minimum atomic E-state index is -0.240. The highest BCUT2D eigenvalue weighted by atomic mass is 16.5. The summed E-state index contributed by atoms with van der Waals surface area (Å²) in [6.07, 6.45) is 1.46. The highest BCUT2D eigenvalue weighted by molar-refractivity contribution is 5.69. The Morgan fingerprint density at radius 3 is 2.55 bits per heavy atom. The van der Waals surface area contributed by atoms with E-state index in [0.29, 0.717) is 12.4 Å². The average Bonchev–Trinajstić information content (AvgIpc) is 2.87. The second-order valence-electron chi connectivity index (χ2n) is 4.36. The van der Waals surface area contributed by atoms with Crippen LogP contribution in [0.5, 0.6) is 11.5 Å². The molecule has 0 aliphatic heterocycles. The third-order valence-corrected chi connectivity index (χ3v) is 2.88. The first-order chi connectivity index (χ1) is 9.67. The van der Waals surface area contributed by atoms with Crippen LogP contribution in [0.3, 0.4) is 0 Å². The third-order valence-electron chi connectivity index (χ3n) is 2.88. The van der Waals surface area contributed by atoms with E-state index in [1.165, 1.54) is 18.2 Å². The predicted molar refractivity (Wildman–Crippen MR) is 72.3 cm³/mol. The molecule has 0 aliphatic rings. The lowest BCUT2D eigenvalue weighted by atomic mass is 10.1. The summed E-state index contributed by atoms with van der Waals surface area (Å²) in [7, 11) is 0. The molecule has 108 valence electrons. The van der Waals surface area contributed by atoms with Gasteiger partial charge in [0.15, 0.2) is 0 Å². The van der Waals surface area contributed by atoms with Crippen LogP contribution in [0.4, 0.5) is 0 Å². The van der Waals surface area contributed by atoms with Gasteiger partial charge >= 0.3 is 0 Å². The maximum absolute atomic E-state index is 9.78. The first-order valence-electron chi connectivity index (χ1n) is 6.63. The Kier molecular flexibility index (Phi) is 4.57. The number of benzene rings is 1. The average molecular weight is 278 g/mol. The summed E-state index contributed by atoms with van der Waals surface area (Å²) in [5.41, 5.74) is 0.137. The Hall–Kier alpha value is -2.08. The quantitative estimate of drug-likeness (QED) is 0.844. The van der Waals surface area contributed by atoms with E-state index < -0.39 is 0 Å². The maximum Gasteiger partial charge on any atom is 0.265 e. The van der Waals surface area contributed by atoms with Gasteiger partial charge in [-0.15, -0.1) is 0 Å². The second-order valence-corrected chi connectivity index (χ2v) is 4.36. The molecule has 1 aromatic carbocycles. The summed E-state index contributed by atoms with van der Waals surface area (Å²) in [4.78, 5) is 4.22. The number of hydrogen-bond donors (Lipinski definition) is 2. The summed E-state index contributed by atoms with van der Waals surface area (Å²) < 4.78 is 10.7. The zero-order chi connectivity index (χ0) is 14.5. The van der Waals surface area contributed by atoms with E-state index in [2.05, 4.69) is 10.1 Å². The summed E-state index contributed by atoms with van der Waals surface area (Å²) in [5, 5.41) is 23.4. The van der Waals surface area contributed by atoms with Gasteiger partial charge in [0.1, 0.15) is 23.2 Å². The number of aromatic hydroxyl groups is 2. The Balaban J connectivity index is 2.32. The van der Waals surface area contributed by atoms with Gasteiger partial charge in [-0.1, -0.05) is 24.6 Å². The van der Waals surface area contributed by atoms with Gasteiger partial charge < -0.3 is 19.5 Å². The highest BCUT2D eigenvalue weighted by Gasteiger charge is 2.21. The zero-order valence-electron chi connectivity index (χ0n) is 11.5. The van der Waals surface area contributed by atoms with E-state index in [4.69, 9.17) is 9.26 Å². The standard InChI is InChI=1S/C14H18N2O4/c1-3-6-11(19-4-2)13-15-14(20-16-13)12-9(17)7-5-8-10(12)18/h5,7-8,11,17-18H,3-4,6H2,1-2H3. The molecule has 0 radical (unpaired) electrons. The van der Waals surface area contributed by atoms with Crippen LogP contribution in [0.2, 0.25) is 0 Å². The van der Waals surface area contributed by atoms with Crippen molar-refractivity contribution in [3.63, 3.8) is 0 Å². The molecule has 0 saturated heterocycles. The number of nitrogens with zero attached hydrogens (tertiary/aromatic N) is 2. The second kappa shape index (κ2) is 6.38. The molecule has 0 bridgehead atoms. The summed E-state index contributed by atoms with van der Waals surface area (Å²) in [6.45, 7) is 4.50. The summed E-state index contributed by atoms with van der Waals surface area (Å²) >= 11 is 0. The number of hydrogen-bond acceptors (Lipinski definition) is 6. The van der Waals surface area contributed by atoms with Gasteiger partial charge in [-0.2, -0.15) is 4.98 Å². The van der Waals surface area contributed by atoms with E-state index in [0.717, 1.165) is 12.8 Å². The number of ether oxygens (including phenoxy) is 1. The first kappa shape index (κ1) is 14.3. The van der Waals surface area contributed by atoms with Crippen molar-refractivity contribution in [3.8, 4) is 23.0 Å². The topological polar surface area (TPSA) is 88.6 Å². The van der Waals surface area contributed by atoms with Crippen LogP contribution in [-0.4, -0.2) is 27.0 Å². The SMILES string of the molecule is CCCC(OCC)c1noc(-c2c(O)cccc2O)n1. The smallest absolute Gasteiger partial charge is 0.265 e. The van der Waals surface area contributed by atoms with Crippen LogP contribution < -0.4 is 0 Å². The summed E-state index contributed by atoms with van der Waals surface area (Å²) in [5.74, 6) is 0.287. The largest absolute Gasteiger partial charge is 0.507 e. The van der Waals surface area contributed by atoms with Gasteiger partial charge in [0, 0.05) is 6.61 Å². The van der Waals surface area contributed by atoms with Gasteiger partial charge in [-0.3, -0.25) is 0 Å². The van der Waals surface area contributed by atoms with E-state index in [1.54, 1.807) is 0 Å². The minimum absolute atomic E-state index is 0.0800. The van der Waals surface area contributed by atoms with Crippen LogP contribution in [0.1, 0.15) is 38.6 Å². The molecular weight excluding hydrogens is 260 g/mol. The van der Waals surface area contributed by atoms with Gasteiger partial charge in [0.2, 0.25) is 5.82 Å². The Bertz CT molecular complexity index is 542. The Morgan fingerprint density at radius 1 is 1.25 bits per heavy atom. The van der Waals surface area contributed by atoms with Crippen molar-refractivity contribution in [1.82, 2.24) is 10.1 Å². The molecule has 1 heterocycles. The Morgan fingerprint density at radius 2 is 1.95 bits per heavy atom. The zero-order valence-corrected chi connectivity index (χ0v) is 11.5. The lowest BCUT2D eigenvalue weighted by molar-refractivity contribution is 0.0478. The van der Waals surface area contributed by atoms with Crippen molar-refractivity contribution in [2.75, 3.05) is 6.61 Å². The number of rotatable bonds is 6. The first-order valence-corrected chi connectivity index (χ1v) is 6.63. The van der Waals surface area contributed by atoms with E-state index >= 15 is 0 Å². The van der Waals surface area contributed by atoms with Gasteiger partial charge in [0.25, 0.3) is 5.89 Å². The molecule has 6 nitrogen and oxygen atoms in total. The molecule has 0 amide bonds. The normalized spacial score (nSPS) is 12.5. The minimum Gasteiger partial charge on any atom is -0.507 e. The van der Waals surface area contributed by atoms with Crippen LogP contribution in [-0.2, 0) is 4.74 Å². The van der Waals surface area contributed by atoms with Crippen molar-refractivity contribution < 1.29 is 19.5 Å². The van der Waals surface area contributed by atoms with E-state index in [-0.39, 0.29) is 29.1 Å². The summed E-state index contributed by atoms with van der Waals surface area (Å²) in [6, 6.07) is 4.43. The third kappa shape index (κ3) is 2.91. The number of phenolic OH excluding ortho intramolecular Hbond substituents is 2. The van der Waals surface area contributed by atoms with Crippen LogP contribution in [0.15, 0.2) is 22.7 Å². The molecule has 1 atom stereocenters. The number of aromatic nitrogens is 2. The van der Waals surface area contributed by atoms with E-state index in [9.17, 15) is 10.2 Å². The predicted octanol–water partition coefficient (Wildman–Crippen LogP) is 3.03. The molecule has 20 heavy (non-hydrogen) atoms. The monoisotopic (exact) mass is 278 g/mol. The fourth-order valence-electron chi connectivity index (χ4n) is 1.96. The lowest BCUT2D eigenvalue weighted by Crippen LogP contribution is -2.05. The molecule has 0 aliphatic carbocycles.